The molecule has 0 saturated carbocycles. The lowest BCUT2D eigenvalue weighted by atomic mass is 10.1. The lowest BCUT2D eigenvalue weighted by molar-refractivity contribution is -0.464. The van der Waals surface area contributed by atoms with Crippen molar-refractivity contribution in [2.24, 2.45) is 0 Å². The Labute approximate surface area is 205 Å². The zero-order chi connectivity index (χ0) is 26.1. The number of hydrogen-bond acceptors (Lipinski definition) is 10. The Morgan fingerprint density at radius 3 is 1.69 bits per heavy atom. The minimum Gasteiger partial charge on any atom is -0.508 e. The van der Waals surface area contributed by atoms with Crippen LogP contribution in [0, 0.1) is 0 Å². The van der Waals surface area contributed by atoms with Crippen molar-refractivity contribution >= 4 is 23.2 Å². The Hall–Kier alpha value is -4.52. The molecule has 0 unspecified atom stereocenters. The van der Waals surface area contributed by atoms with Crippen molar-refractivity contribution in [2.75, 3.05) is 23.8 Å². The van der Waals surface area contributed by atoms with Gasteiger partial charge in [-0.1, -0.05) is 0 Å². The number of nitrogens with one attached hydrogen (secondary N) is 2. The zero-order valence-electron chi connectivity index (χ0n) is 19.3. The van der Waals surface area contributed by atoms with Crippen LogP contribution in [0.25, 0.3) is 0 Å². The smallest absolute Gasteiger partial charge is 0.255 e. The number of rotatable bonds is 11. The molecule has 190 valence electrons. The highest BCUT2D eigenvalue weighted by molar-refractivity contribution is 6.09. The molecule has 0 atom stereocenters. The van der Waals surface area contributed by atoms with Gasteiger partial charge in [0.25, 0.3) is 11.8 Å². The summed E-state index contributed by atoms with van der Waals surface area (Å²) in [5, 5.41) is 39.4. The number of hydrogen-bond donors (Lipinski definition) is 5. The molecule has 3 aromatic carbocycles. The maximum atomic E-state index is 12.8. The largest absolute Gasteiger partial charge is 0.508 e. The Kier molecular flexibility index (Phi) is 8.89. The Balaban J connectivity index is 1.74. The van der Waals surface area contributed by atoms with Crippen LogP contribution in [0.1, 0.15) is 34.6 Å². The van der Waals surface area contributed by atoms with Crippen molar-refractivity contribution in [3.8, 4) is 28.7 Å². The average molecular weight is 500 g/mol. The fourth-order valence-electron chi connectivity index (χ4n) is 2.83. The predicted molar refractivity (Wildman–Crippen MR) is 126 cm³/mol. The molecule has 36 heavy (non-hydrogen) atoms. The van der Waals surface area contributed by atoms with Crippen LogP contribution in [0.3, 0.4) is 0 Å². The van der Waals surface area contributed by atoms with Gasteiger partial charge >= 0.3 is 0 Å². The summed E-state index contributed by atoms with van der Waals surface area (Å²) in [7, 11) is 0. The Bertz CT molecular complexity index is 1230. The number of amides is 2. The van der Waals surface area contributed by atoms with Gasteiger partial charge in [-0.15, -0.1) is 0 Å². The van der Waals surface area contributed by atoms with Crippen LogP contribution >= 0.6 is 0 Å². The summed E-state index contributed by atoms with van der Waals surface area (Å²) < 4.78 is 0. The first-order chi connectivity index (χ1) is 17.3. The van der Waals surface area contributed by atoms with Gasteiger partial charge in [-0.05, 0) is 61.4 Å². The molecule has 0 heterocycles. The number of phenols is 3. The lowest BCUT2D eigenvalue weighted by Crippen LogP contribution is -2.16. The fourth-order valence-corrected chi connectivity index (χ4v) is 2.83. The van der Waals surface area contributed by atoms with Gasteiger partial charge in [-0.2, -0.15) is 9.78 Å². The molecule has 0 aliphatic rings. The van der Waals surface area contributed by atoms with Gasteiger partial charge in [0.15, 0.2) is 11.5 Å². The molecule has 0 spiro atoms. The van der Waals surface area contributed by atoms with E-state index >= 15 is 0 Å². The van der Waals surface area contributed by atoms with E-state index in [1.165, 1.54) is 54.6 Å². The predicted octanol–water partition coefficient (Wildman–Crippen LogP) is 3.90. The number of benzene rings is 3. The summed E-state index contributed by atoms with van der Waals surface area (Å²) in [5.74, 6) is -2.18. The van der Waals surface area contributed by atoms with Crippen LogP contribution in [0.4, 0.5) is 11.4 Å². The van der Waals surface area contributed by atoms with Crippen LogP contribution in [0.2, 0.25) is 0 Å². The summed E-state index contributed by atoms with van der Waals surface area (Å²) in [5.41, 5.74) is 0.466. The summed E-state index contributed by atoms with van der Waals surface area (Å²) in [6.07, 6.45) is 0. The van der Waals surface area contributed by atoms with Gasteiger partial charge in [-0.25, -0.2) is 0 Å². The molecular weight excluding hydrogens is 476 g/mol. The SMILES string of the molecule is CCOOOc1cc(NC(=O)c2cc(O)cc(C(=O)Nc3ccc(O)c(OOCC)c3)c2)ccc1O. The minimum atomic E-state index is -0.653. The van der Waals surface area contributed by atoms with Gasteiger partial charge in [0.2, 0.25) is 11.5 Å². The van der Waals surface area contributed by atoms with Gasteiger partial charge in [0.05, 0.1) is 13.2 Å². The van der Waals surface area contributed by atoms with Crippen molar-refractivity contribution in [1.29, 1.82) is 0 Å². The maximum Gasteiger partial charge on any atom is 0.255 e. The summed E-state index contributed by atoms with van der Waals surface area (Å²) in [4.78, 5) is 44.7. The molecular formula is C24H24N2O10. The molecule has 0 aliphatic carbocycles. The van der Waals surface area contributed by atoms with E-state index in [0.29, 0.717) is 0 Å². The Morgan fingerprint density at radius 2 is 1.19 bits per heavy atom. The molecule has 0 aromatic heterocycles. The highest BCUT2D eigenvalue weighted by Crippen LogP contribution is 2.31. The molecule has 12 heteroatoms. The minimum absolute atomic E-state index is 0.00507. The lowest BCUT2D eigenvalue weighted by Gasteiger charge is -2.11. The van der Waals surface area contributed by atoms with Crippen LogP contribution in [0.15, 0.2) is 54.6 Å². The Morgan fingerprint density at radius 1 is 0.694 bits per heavy atom. The van der Waals surface area contributed by atoms with Gasteiger partial charge < -0.3 is 35.7 Å². The summed E-state index contributed by atoms with van der Waals surface area (Å²) in [6.45, 7) is 3.81. The molecule has 3 rings (SSSR count). The zero-order valence-corrected chi connectivity index (χ0v) is 19.3. The van der Waals surface area contributed by atoms with E-state index in [0.717, 1.165) is 0 Å². The highest BCUT2D eigenvalue weighted by atomic mass is 17.5. The molecule has 3 aromatic rings. The van der Waals surface area contributed by atoms with E-state index < -0.39 is 11.8 Å². The maximum absolute atomic E-state index is 12.8. The molecule has 0 bridgehead atoms. The normalized spacial score (nSPS) is 10.5. The number of carbonyl (C=O) groups excluding carboxylic acids is 2. The molecule has 0 radical (unpaired) electrons. The van der Waals surface area contributed by atoms with Crippen molar-refractivity contribution in [2.45, 2.75) is 13.8 Å². The number of anilines is 2. The van der Waals surface area contributed by atoms with E-state index in [4.69, 9.17) is 14.7 Å². The van der Waals surface area contributed by atoms with Gasteiger partial charge in [0, 0.05) is 34.6 Å². The number of aromatic hydroxyl groups is 3. The van der Waals surface area contributed by atoms with E-state index in [-0.39, 0.29) is 64.5 Å². The van der Waals surface area contributed by atoms with Crippen molar-refractivity contribution in [1.82, 2.24) is 0 Å². The monoisotopic (exact) mass is 500 g/mol. The third kappa shape index (κ3) is 6.99. The van der Waals surface area contributed by atoms with Crippen LogP contribution in [0.5, 0.6) is 28.7 Å². The third-order valence-corrected chi connectivity index (χ3v) is 4.43. The molecule has 0 aliphatic heterocycles. The first kappa shape index (κ1) is 26.1. The van der Waals surface area contributed by atoms with E-state index in [2.05, 4.69) is 20.6 Å². The number of carbonyl (C=O) groups is 2. The second-order valence-electron chi connectivity index (χ2n) is 7.09. The second-order valence-corrected chi connectivity index (χ2v) is 7.09. The van der Waals surface area contributed by atoms with Crippen LogP contribution < -0.4 is 20.4 Å². The van der Waals surface area contributed by atoms with Gasteiger partial charge in [0.1, 0.15) is 5.75 Å². The first-order valence-electron chi connectivity index (χ1n) is 10.7. The summed E-state index contributed by atoms with van der Waals surface area (Å²) in [6, 6.07) is 11.7. The topological polar surface area (TPSA) is 165 Å². The van der Waals surface area contributed by atoms with Crippen LogP contribution in [-0.4, -0.2) is 40.3 Å². The van der Waals surface area contributed by atoms with E-state index in [1.807, 2.05) is 0 Å². The third-order valence-electron chi connectivity index (χ3n) is 4.43. The first-order valence-corrected chi connectivity index (χ1v) is 10.7. The van der Waals surface area contributed by atoms with Crippen molar-refractivity contribution < 1.29 is 49.5 Å². The quantitative estimate of drug-likeness (QED) is 0.113. The summed E-state index contributed by atoms with van der Waals surface area (Å²) >= 11 is 0. The van der Waals surface area contributed by atoms with E-state index in [9.17, 15) is 24.9 Å². The van der Waals surface area contributed by atoms with Crippen LogP contribution in [-0.2, 0) is 14.8 Å². The number of phenolic OH excluding ortho intramolecular Hbond substituents is 3. The average Bonchev–Trinajstić information content (AvgIpc) is 2.86. The molecule has 2 amide bonds. The molecule has 12 nitrogen and oxygen atoms in total. The van der Waals surface area contributed by atoms with Crippen molar-refractivity contribution in [3.63, 3.8) is 0 Å². The fraction of sp³-hybridized carbons (Fsp3) is 0.167. The van der Waals surface area contributed by atoms with Gasteiger partial charge in [-0.3, -0.25) is 9.59 Å². The standard InChI is InChI=1S/C24H24N2O10/c1-3-32-34-21-12-16(5-7-19(21)28)25-23(30)14-9-15(11-18(27)10-14)24(31)26-17-6-8-20(29)22(13-17)35-36-33-4-2/h5-13,27-29H,3-4H2,1-2H3,(H,25,30)(H,26,31). The van der Waals surface area contributed by atoms with E-state index in [1.54, 1.807) is 13.8 Å². The molecule has 5 N–H and O–H groups in total. The second kappa shape index (κ2) is 12.3. The molecule has 0 saturated heterocycles. The molecule has 0 fully saturated rings. The highest BCUT2D eigenvalue weighted by Gasteiger charge is 2.16. The van der Waals surface area contributed by atoms with Crippen molar-refractivity contribution in [3.05, 3.63) is 65.7 Å².